The van der Waals surface area contributed by atoms with E-state index in [0.29, 0.717) is 20.0 Å². The summed E-state index contributed by atoms with van der Waals surface area (Å²) in [5.41, 5.74) is 0. The Bertz CT molecular complexity index is 190. The van der Waals surface area contributed by atoms with Crippen molar-refractivity contribution in [2.24, 2.45) is 0 Å². The van der Waals surface area contributed by atoms with Gasteiger partial charge in [-0.2, -0.15) is 0 Å². The first kappa shape index (κ1) is 13.8. The molecule has 6 nitrogen and oxygen atoms in total. The summed E-state index contributed by atoms with van der Waals surface area (Å²) in [6.07, 6.45) is -0.194. The van der Waals surface area contributed by atoms with E-state index in [1.807, 2.05) is 13.8 Å². The first-order chi connectivity index (χ1) is 7.57. The third-order valence-electron chi connectivity index (χ3n) is 2.17. The molecule has 0 aromatic rings. The van der Waals surface area contributed by atoms with Gasteiger partial charge in [-0.1, -0.05) is 0 Å². The van der Waals surface area contributed by atoms with E-state index >= 15 is 0 Å². The first-order valence-corrected chi connectivity index (χ1v) is 5.30. The molecule has 6 heteroatoms. The Labute approximate surface area is 95.1 Å². The van der Waals surface area contributed by atoms with Gasteiger partial charge >= 0.3 is 0 Å². The van der Waals surface area contributed by atoms with Crippen LogP contribution in [0.4, 0.5) is 0 Å². The van der Waals surface area contributed by atoms with Gasteiger partial charge < -0.3 is 29.2 Å². The zero-order chi connectivity index (χ0) is 12.0. The first-order valence-electron chi connectivity index (χ1n) is 5.30. The van der Waals surface area contributed by atoms with Gasteiger partial charge in [0.2, 0.25) is 0 Å². The van der Waals surface area contributed by atoms with Crippen LogP contribution in [0.1, 0.15) is 13.8 Å². The maximum atomic E-state index is 8.59. The zero-order valence-corrected chi connectivity index (χ0v) is 9.72. The minimum Gasteiger partial charge on any atom is -0.394 e. The Morgan fingerprint density at radius 3 is 2.06 bits per heavy atom. The van der Waals surface area contributed by atoms with Crippen LogP contribution in [0.15, 0.2) is 0 Å². The van der Waals surface area contributed by atoms with Crippen LogP contribution in [0.2, 0.25) is 0 Å². The highest BCUT2D eigenvalue weighted by Crippen LogP contribution is 2.21. The van der Waals surface area contributed by atoms with Crippen molar-refractivity contribution in [1.29, 1.82) is 0 Å². The third-order valence-corrected chi connectivity index (χ3v) is 2.17. The fourth-order valence-corrected chi connectivity index (χ4v) is 1.33. The lowest BCUT2D eigenvalue weighted by Crippen LogP contribution is -2.22. The maximum absolute atomic E-state index is 8.59. The maximum Gasteiger partial charge on any atom is 0.163 e. The molecule has 0 aromatic carbocycles. The van der Waals surface area contributed by atoms with Crippen LogP contribution in [0.25, 0.3) is 0 Å². The van der Waals surface area contributed by atoms with E-state index in [0.717, 1.165) is 0 Å². The summed E-state index contributed by atoms with van der Waals surface area (Å²) >= 11 is 0. The van der Waals surface area contributed by atoms with Crippen LogP contribution in [0.5, 0.6) is 0 Å². The van der Waals surface area contributed by atoms with Gasteiger partial charge in [0.25, 0.3) is 0 Å². The van der Waals surface area contributed by atoms with Crippen molar-refractivity contribution in [2.75, 3.05) is 33.2 Å². The highest BCUT2D eigenvalue weighted by atomic mass is 16.7. The van der Waals surface area contributed by atoms with Gasteiger partial charge in [0.15, 0.2) is 5.79 Å². The summed E-state index contributed by atoms with van der Waals surface area (Å²) in [5.74, 6) is -0.493. The van der Waals surface area contributed by atoms with Crippen LogP contribution in [0, 0.1) is 0 Å². The summed E-state index contributed by atoms with van der Waals surface area (Å²) < 4.78 is 20.0. The smallest absolute Gasteiger partial charge is 0.163 e. The molecule has 2 unspecified atom stereocenters. The second-order valence-corrected chi connectivity index (χ2v) is 4.09. The predicted octanol–water partition coefficient (Wildman–Crippen LogP) is -0.518. The number of hydrogen-bond acceptors (Lipinski definition) is 6. The van der Waals surface area contributed by atoms with E-state index in [4.69, 9.17) is 29.2 Å². The summed E-state index contributed by atoms with van der Waals surface area (Å²) in [4.78, 5) is 0. The molecular formula is C10H20O6. The molecule has 0 amide bonds. The van der Waals surface area contributed by atoms with Crippen molar-refractivity contribution in [2.45, 2.75) is 31.8 Å². The van der Waals surface area contributed by atoms with E-state index in [-0.39, 0.29) is 25.4 Å². The van der Waals surface area contributed by atoms with Crippen LogP contribution in [0.3, 0.4) is 0 Å². The van der Waals surface area contributed by atoms with Crippen LogP contribution >= 0.6 is 0 Å². The van der Waals surface area contributed by atoms with E-state index in [9.17, 15) is 0 Å². The Hall–Kier alpha value is -0.240. The Balaban J connectivity index is 0.000000165. The summed E-state index contributed by atoms with van der Waals surface area (Å²) in [5, 5.41) is 17.0. The molecule has 0 aliphatic carbocycles. The van der Waals surface area contributed by atoms with Crippen molar-refractivity contribution in [3.8, 4) is 0 Å². The number of hydrogen-bond donors (Lipinski definition) is 2. The number of aliphatic hydroxyl groups is 2. The molecule has 2 atom stereocenters. The largest absolute Gasteiger partial charge is 0.394 e. The molecule has 0 bridgehead atoms. The highest BCUT2D eigenvalue weighted by molar-refractivity contribution is 4.69. The molecule has 2 aliphatic heterocycles. The molecule has 2 N–H and O–H groups in total. The highest BCUT2D eigenvalue weighted by Gasteiger charge is 2.31. The van der Waals surface area contributed by atoms with E-state index in [2.05, 4.69) is 0 Å². The molecule has 2 aliphatic rings. The van der Waals surface area contributed by atoms with Gasteiger partial charge in [-0.3, -0.25) is 0 Å². The molecule has 0 aromatic heterocycles. The minimum absolute atomic E-state index is 0.0451. The molecule has 2 saturated heterocycles. The van der Waals surface area contributed by atoms with E-state index < -0.39 is 5.79 Å². The second kappa shape index (κ2) is 6.48. The number of ether oxygens (including phenoxy) is 4. The fraction of sp³-hybridized carbons (Fsp3) is 1.00. The lowest BCUT2D eigenvalue weighted by molar-refractivity contribution is -0.142. The molecule has 16 heavy (non-hydrogen) atoms. The van der Waals surface area contributed by atoms with Gasteiger partial charge in [0.1, 0.15) is 19.0 Å². The second-order valence-electron chi connectivity index (χ2n) is 4.09. The van der Waals surface area contributed by atoms with Crippen molar-refractivity contribution in [1.82, 2.24) is 0 Å². The van der Waals surface area contributed by atoms with E-state index in [1.54, 1.807) is 0 Å². The molecular weight excluding hydrogens is 216 g/mol. The predicted molar refractivity (Wildman–Crippen MR) is 54.8 cm³/mol. The van der Waals surface area contributed by atoms with Gasteiger partial charge in [-0.05, 0) is 13.8 Å². The quantitative estimate of drug-likeness (QED) is 0.672. The third kappa shape index (κ3) is 4.73. The normalized spacial score (nSPS) is 32.2. The van der Waals surface area contributed by atoms with E-state index in [1.165, 1.54) is 0 Å². The minimum atomic E-state index is -0.493. The van der Waals surface area contributed by atoms with Crippen molar-refractivity contribution in [3.63, 3.8) is 0 Å². The number of rotatable bonds is 2. The monoisotopic (exact) mass is 236 g/mol. The Morgan fingerprint density at radius 2 is 1.81 bits per heavy atom. The standard InChI is InChI=1S/C6H12O3.C4H8O3/c1-6(2)8-4-5(3-7)9-6;5-1-4-2-6-3-7-4/h5,7H,3-4H2,1-2H3;4-5H,1-3H2. The molecule has 0 saturated carbocycles. The molecule has 2 heterocycles. The van der Waals surface area contributed by atoms with Crippen molar-refractivity contribution < 1.29 is 29.2 Å². The summed E-state index contributed by atoms with van der Waals surface area (Å²) in [7, 11) is 0. The molecule has 2 fully saturated rings. The van der Waals surface area contributed by atoms with Crippen molar-refractivity contribution >= 4 is 0 Å². The lowest BCUT2D eigenvalue weighted by atomic mass is 10.4. The topological polar surface area (TPSA) is 77.4 Å². The molecule has 0 radical (unpaired) electrons. The van der Waals surface area contributed by atoms with Crippen LogP contribution in [-0.2, 0) is 18.9 Å². The van der Waals surface area contributed by atoms with Crippen LogP contribution in [-0.4, -0.2) is 61.4 Å². The lowest BCUT2D eigenvalue weighted by Gasteiger charge is -2.15. The fourth-order valence-electron chi connectivity index (χ4n) is 1.33. The Kier molecular flexibility index (Phi) is 5.60. The average molecular weight is 236 g/mol. The molecule has 0 spiro atoms. The zero-order valence-electron chi connectivity index (χ0n) is 9.72. The van der Waals surface area contributed by atoms with Crippen molar-refractivity contribution in [3.05, 3.63) is 0 Å². The van der Waals surface area contributed by atoms with Gasteiger partial charge in [-0.25, -0.2) is 0 Å². The SMILES string of the molecule is CC1(C)OCC(CO)O1.OCC1COCO1. The Morgan fingerprint density at radius 1 is 1.12 bits per heavy atom. The number of aliphatic hydroxyl groups excluding tert-OH is 2. The average Bonchev–Trinajstić information content (AvgIpc) is 2.87. The molecule has 2 rings (SSSR count). The summed E-state index contributed by atoms with van der Waals surface area (Å²) in [6, 6.07) is 0. The summed E-state index contributed by atoms with van der Waals surface area (Å²) in [6.45, 7) is 5.17. The van der Waals surface area contributed by atoms with Gasteiger partial charge in [0, 0.05) is 0 Å². The van der Waals surface area contributed by atoms with Gasteiger partial charge in [-0.15, -0.1) is 0 Å². The molecule has 96 valence electrons. The van der Waals surface area contributed by atoms with Gasteiger partial charge in [0.05, 0.1) is 26.4 Å². The van der Waals surface area contributed by atoms with Crippen LogP contribution < -0.4 is 0 Å².